The number of carbonyl (C=O) groups is 1. The third-order valence-electron chi connectivity index (χ3n) is 2.63. The van der Waals surface area contributed by atoms with Crippen LogP contribution in [0.25, 0.3) is 0 Å². The van der Waals surface area contributed by atoms with Crippen LogP contribution in [0.3, 0.4) is 0 Å². The van der Waals surface area contributed by atoms with E-state index in [9.17, 15) is 13.2 Å². The van der Waals surface area contributed by atoms with Crippen LogP contribution in [0.4, 0.5) is 5.82 Å². The van der Waals surface area contributed by atoms with Crippen LogP contribution in [0.15, 0.2) is 6.20 Å². The molecule has 7 nitrogen and oxygen atoms in total. The molecule has 0 radical (unpaired) electrons. The SMILES string of the molecule is NS(=O)(=O)CC1CC(=O)N(c2nc(Cl)ncc2I)C1. The largest absolute Gasteiger partial charge is 0.295 e. The third-order valence-corrected chi connectivity index (χ3v) is 4.50. The molecule has 1 fully saturated rings. The molecule has 0 aromatic carbocycles. The highest BCUT2D eigenvalue weighted by Crippen LogP contribution is 2.28. The summed E-state index contributed by atoms with van der Waals surface area (Å²) in [5.74, 6) is -0.333. The van der Waals surface area contributed by atoms with Crippen molar-refractivity contribution in [3.63, 3.8) is 0 Å². The maximum Gasteiger partial charge on any atom is 0.228 e. The van der Waals surface area contributed by atoms with Crippen LogP contribution in [0.1, 0.15) is 6.42 Å². The summed E-state index contributed by atoms with van der Waals surface area (Å²) in [6.07, 6.45) is 1.64. The van der Waals surface area contributed by atoms with Crippen LogP contribution >= 0.6 is 34.2 Å². The second-order valence-electron chi connectivity index (χ2n) is 4.21. The summed E-state index contributed by atoms with van der Waals surface area (Å²) in [5.41, 5.74) is 0. The lowest BCUT2D eigenvalue weighted by Gasteiger charge is -2.16. The van der Waals surface area contributed by atoms with Gasteiger partial charge in [-0.25, -0.2) is 18.5 Å². The highest BCUT2D eigenvalue weighted by Gasteiger charge is 2.34. The van der Waals surface area contributed by atoms with Crippen LogP contribution in [0, 0.1) is 9.49 Å². The highest BCUT2D eigenvalue weighted by molar-refractivity contribution is 14.1. The summed E-state index contributed by atoms with van der Waals surface area (Å²) in [5, 5.41) is 5.03. The van der Waals surface area contributed by atoms with Gasteiger partial charge in [0, 0.05) is 25.1 Å². The average molecular weight is 417 g/mol. The van der Waals surface area contributed by atoms with E-state index in [1.807, 2.05) is 22.6 Å². The fourth-order valence-electron chi connectivity index (χ4n) is 1.95. The van der Waals surface area contributed by atoms with Gasteiger partial charge in [-0.3, -0.25) is 9.69 Å². The first-order valence-electron chi connectivity index (χ1n) is 5.25. The van der Waals surface area contributed by atoms with Gasteiger partial charge in [-0.2, -0.15) is 4.98 Å². The summed E-state index contributed by atoms with van der Waals surface area (Å²) < 4.78 is 22.8. The molecule has 0 saturated carbocycles. The molecule has 104 valence electrons. The lowest BCUT2D eigenvalue weighted by molar-refractivity contribution is -0.117. The molecule has 2 rings (SSSR count). The number of hydrogen-bond acceptors (Lipinski definition) is 5. The molecule has 10 heteroatoms. The minimum absolute atomic E-state index is 0.0399. The van der Waals surface area contributed by atoms with E-state index in [1.165, 1.54) is 11.1 Å². The topological polar surface area (TPSA) is 106 Å². The van der Waals surface area contributed by atoms with Gasteiger partial charge in [0.05, 0.1) is 9.32 Å². The van der Waals surface area contributed by atoms with E-state index in [2.05, 4.69) is 9.97 Å². The minimum atomic E-state index is -3.59. The number of nitrogens with two attached hydrogens (primary N) is 1. The van der Waals surface area contributed by atoms with Gasteiger partial charge in [-0.15, -0.1) is 0 Å². The predicted molar refractivity (Wildman–Crippen MR) is 78.2 cm³/mol. The number of sulfonamides is 1. The number of nitrogens with zero attached hydrogens (tertiary/aromatic N) is 3. The molecule has 2 heterocycles. The zero-order valence-electron chi connectivity index (χ0n) is 9.58. The Labute approximate surface area is 128 Å². The van der Waals surface area contributed by atoms with Gasteiger partial charge in [-0.1, -0.05) is 0 Å². The summed E-state index contributed by atoms with van der Waals surface area (Å²) in [4.78, 5) is 21.2. The number of aromatic nitrogens is 2. The Hall–Kier alpha value is -0.520. The zero-order valence-corrected chi connectivity index (χ0v) is 13.3. The van der Waals surface area contributed by atoms with E-state index < -0.39 is 10.0 Å². The van der Waals surface area contributed by atoms with E-state index in [1.54, 1.807) is 0 Å². The normalized spacial score (nSPS) is 20.1. The summed E-state index contributed by atoms with van der Waals surface area (Å²) in [6, 6.07) is 0. The van der Waals surface area contributed by atoms with E-state index in [0.29, 0.717) is 9.39 Å². The predicted octanol–water partition coefficient (Wildman–Crippen LogP) is 0.376. The first-order chi connectivity index (χ1) is 8.76. The molecule has 1 saturated heterocycles. The van der Waals surface area contributed by atoms with Gasteiger partial charge in [0.15, 0.2) is 5.82 Å². The fourth-order valence-corrected chi connectivity index (χ4v) is 3.51. The Bertz CT molecular complexity index is 624. The van der Waals surface area contributed by atoms with Crippen molar-refractivity contribution in [2.45, 2.75) is 6.42 Å². The summed E-state index contributed by atoms with van der Waals surface area (Å²) >= 11 is 7.70. The fraction of sp³-hybridized carbons (Fsp3) is 0.444. The van der Waals surface area contributed by atoms with Crippen LogP contribution < -0.4 is 10.0 Å². The van der Waals surface area contributed by atoms with Crippen molar-refractivity contribution in [1.82, 2.24) is 9.97 Å². The van der Waals surface area contributed by atoms with Crippen molar-refractivity contribution in [1.29, 1.82) is 0 Å². The standard InChI is InChI=1S/C9H10ClIN4O3S/c10-9-13-2-6(11)8(14-9)15-3-5(1-7(15)16)4-19(12,17)18/h2,5H,1,3-4H2,(H2,12,17,18). The molecule has 1 aliphatic heterocycles. The Balaban J connectivity index is 2.23. The van der Waals surface area contributed by atoms with Crippen LogP contribution in [0.5, 0.6) is 0 Å². The van der Waals surface area contributed by atoms with Crippen LogP contribution in [0.2, 0.25) is 5.28 Å². The van der Waals surface area contributed by atoms with Crippen molar-refractivity contribution >= 4 is 55.9 Å². The number of halogens is 2. The molecular weight excluding hydrogens is 407 g/mol. The quantitative estimate of drug-likeness (QED) is 0.566. The molecule has 0 bridgehead atoms. The van der Waals surface area contributed by atoms with Crippen molar-refractivity contribution in [3.8, 4) is 0 Å². The average Bonchev–Trinajstić information content (AvgIpc) is 2.60. The van der Waals surface area contributed by atoms with Crippen molar-refractivity contribution in [2.24, 2.45) is 11.1 Å². The van der Waals surface area contributed by atoms with Gasteiger partial charge >= 0.3 is 0 Å². The van der Waals surface area contributed by atoms with Gasteiger partial charge in [-0.05, 0) is 34.2 Å². The van der Waals surface area contributed by atoms with Gasteiger partial charge < -0.3 is 0 Å². The van der Waals surface area contributed by atoms with E-state index in [-0.39, 0.29) is 35.8 Å². The number of rotatable bonds is 3. The summed E-state index contributed by atoms with van der Waals surface area (Å²) in [6.45, 7) is 0.263. The van der Waals surface area contributed by atoms with E-state index in [0.717, 1.165) is 0 Å². The number of primary sulfonamides is 1. The second kappa shape index (κ2) is 5.46. The molecule has 1 aromatic heterocycles. The lowest BCUT2D eigenvalue weighted by atomic mass is 10.1. The smallest absolute Gasteiger partial charge is 0.228 e. The zero-order chi connectivity index (χ0) is 14.2. The van der Waals surface area contributed by atoms with Crippen molar-refractivity contribution in [2.75, 3.05) is 17.2 Å². The lowest BCUT2D eigenvalue weighted by Crippen LogP contribution is -2.28. The molecule has 1 atom stereocenters. The maximum atomic E-state index is 11.9. The first kappa shape index (κ1) is 14.9. The summed E-state index contributed by atoms with van der Waals surface area (Å²) in [7, 11) is -3.59. The molecule has 1 amide bonds. The molecule has 1 unspecified atom stereocenters. The number of hydrogen-bond donors (Lipinski definition) is 1. The third kappa shape index (κ3) is 3.74. The molecule has 2 N–H and O–H groups in total. The van der Waals surface area contributed by atoms with Gasteiger partial charge in [0.25, 0.3) is 0 Å². The second-order valence-corrected chi connectivity index (χ2v) is 7.37. The van der Waals surface area contributed by atoms with Crippen molar-refractivity contribution in [3.05, 3.63) is 15.1 Å². The highest BCUT2D eigenvalue weighted by atomic mass is 127. The Morgan fingerprint density at radius 2 is 2.26 bits per heavy atom. The Kier molecular flexibility index (Phi) is 4.28. The minimum Gasteiger partial charge on any atom is -0.295 e. The maximum absolute atomic E-state index is 11.9. The number of carbonyl (C=O) groups excluding carboxylic acids is 1. The number of amides is 1. The first-order valence-corrected chi connectivity index (χ1v) is 8.42. The number of anilines is 1. The molecule has 1 aliphatic rings. The molecular formula is C9H10ClIN4O3S. The van der Waals surface area contributed by atoms with Crippen molar-refractivity contribution < 1.29 is 13.2 Å². The van der Waals surface area contributed by atoms with Gasteiger partial charge in [0.2, 0.25) is 21.2 Å². The van der Waals surface area contributed by atoms with E-state index >= 15 is 0 Å². The molecule has 19 heavy (non-hydrogen) atoms. The monoisotopic (exact) mass is 416 g/mol. The van der Waals surface area contributed by atoms with Crippen LogP contribution in [-0.4, -0.2) is 36.6 Å². The van der Waals surface area contributed by atoms with Crippen LogP contribution in [-0.2, 0) is 14.8 Å². The molecule has 0 aliphatic carbocycles. The Morgan fingerprint density at radius 1 is 1.58 bits per heavy atom. The van der Waals surface area contributed by atoms with E-state index in [4.69, 9.17) is 16.7 Å². The Morgan fingerprint density at radius 3 is 2.89 bits per heavy atom. The molecule has 0 spiro atoms. The molecule has 1 aromatic rings. The van der Waals surface area contributed by atoms with Gasteiger partial charge in [0.1, 0.15) is 0 Å².